The number of anilines is 2. The Hall–Kier alpha value is -4.22. The van der Waals surface area contributed by atoms with Gasteiger partial charge in [0.2, 0.25) is 0 Å². The highest BCUT2D eigenvalue weighted by Crippen LogP contribution is 2.37. The molecule has 1 fully saturated rings. The number of halogens is 3. The number of aryl methyl sites for hydroxylation is 1. The van der Waals surface area contributed by atoms with Crippen molar-refractivity contribution in [1.29, 1.82) is 0 Å². The Balaban J connectivity index is 1.57. The summed E-state index contributed by atoms with van der Waals surface area (Å²) in [5.74, 6) is -2.57. The standard InChI is InChI=1S/C27H20BrClFN3O6/c1-14-7-8-16(12-19(14)29)33-26(36)17(25(35)32-27(33)37)9-15-10-18(28)24(22(11-15)38-2)39-13-23(34)31-21-6-4-3-5-20(21)30/h3-12H,13H2,1-2H3,(H,31,34)(H,32,35,37)/b17-9+. The predicted molar refractivity (Wildman–Crippen MR) is 146 cm³/mol. The van der Waals surface area contributed by atoms with Crippen molar-refractivity contribution in [2.45, 2.75) is 6.92 Å². The van der Waals surface area contributed by atoms with Gasteiger partial charge in [0.1, 0.15) is 11.4 Å². The number of methoxy groups -OCH3 is 1. The van der Waals surface area contributed by atoms with E-state index < -0.39 is 36.2 Å². The maximum atomic E-state index is 13.8. The number of hydrogen-bond donors (Lipinski definition) is 2. The molecule has 2 N–H and O–H groups in total. The fourth-order valence-electron chi connectivity index (χ4n) is 3.63. The summed E-state index contributed by atoms with van der Waals surface area (Å²) < 4.78 is 25.1. The molecule has 1 aliphatic rings. The lowest BCUT2D eigenvalue weighted by Gasteiger charge is -2.26. The normalized spacial score (nSPS) is 14.3. The van der Waals surface area contributed by atoms with Crippen molar-refractivity contribution < 1.29 is 33.0 Å². The third-order valence-electron chi connectivity index (χ3n) is 5.57. The van der Waals surface area contributed by atoms with Crippen molar-refractivity contribution in [3.63, 3.8) is 0 Å². The molecule has 0 radical (unpaired) electrons. The van der Waals surface area contributed by atoms with Gasteiger partial charge in [-0.1, -0.05) is 29.8 Å². The van der Waals surface area contributed by atoms with Crippen molar-refractivity contribution in [3.05, 3.63) is 86.6 Å². The number of barbiturate groups is 1. The Bertz CT molecular complexity index is 1540. The number of amides is 5. The van der Waals surface area contributed by atoms with Crippen LogP contribution in [-0.2, 0) is 14.4 Å². The van der Waals surface area contributed by atoms with Gasteiger partial charge in [-0.25, -0.2) is 14.1 Å². The number of carbonyl (C=O) groups is 4. The average molecular weight is 617 g/mol. The summed E-state index contributed by atoms with van der Waals surface area (Å²) in [6, 6.07) is 12.5. The lowest BCUT2D eigenvalue weighted by molar-refractivity contribution is -0.122. The number of rotatable bonds is 7. The third-order valence-corrected chi connectivity index (χ3v) is 6.57. The van der Waals surface area contributed by atoms with Crippen LogP contribution >= 0.6 is 27.5 Å². The third kappa shape index (κ3) is 6.10. The molecule has 200 valence electrons. The summed E-state index contributed by atoms with van der Waals surface area (Å²) in [5, 5.41) is 4.91. The minimum absolute atomic E-state index is 0.00923. The van der Waals surface area contributed by atoms with Crippen LogP contribution in [0.3, 0.4) is 0 Å². The van der Waals surface area contributed by atoms with Crippen LogP contribution in [0.5, 0.6) is 11.5 Å². The van der Waals surface area contributed by atoms with Crippen molar-refractivity contribution in [3.8, 4) is 11.5 Å². The molecule has 1 aliphatic heterocycles. The molecule has 3 aromatic rings. The first-order valence-corrected chi connectivity index (χ1v) is 12.5. The number of urea groups is 1. The zero-order valence-electron chi connectivity index (χ0n) is 20.5. The first-order valence-electron chi connectivity index (χ1n) is 11.3. The van der Waals surface area contributed by atoms with Gasteiger partial charge in [-0.2, -0.15) is 0 Å². The second-order valence-corrected chi connectivity index (χ2v) is 9.50. The van der Waals surface area contributed by atoms with E-state index in [-0.39, 0.29) is 28.4 Å². The number of hydrogen-bond acceptors (Lipinski definition) is 6. The quantitative estimate of drug-likeness (QED) is 0.277. The highest BCUT2D eigenvalue weighted by atomic mass is 79.9. The van der Waals surface area contributed by atoms with Crippen LogP contribution in [0.4, 0.5) is 20.6 Å². The molecule has 3 aromatic carbocycles. The summed E-state index contributed by atoms with van der Waals surface area (Å²) in [7, 11) is 1.37. The smallest absolute Gasteiger partial charge is 0.335 e. The Morgan fingerprint density at radius 3 is 2.59 bits per heavy atom. The van der Waals surface area contributed by atoms with E-state index in [1.165, 1.54) is 49.6 Å². The van der Waals surface area contributed by atoms with Crippen LogP contribution in [0.2, 0.25) is 5.02 Å². The Kier molecular flexibility index (Phi) is 8.32. The molecule has 9 nitrogen and oxygen atoms in total. The molecule has 1 saturated heterocycles. The topological polar surface area (TPSA) is 114 Å². The average Bonchev–Trinajstić information content (AvgIpc) is 2.89. The molecule has 4 rings (SSSR count). The molecule has 0 atom stereocenters. The van der Waals surface area contributed by atoms with Crippen LogP contribution in [0.1, 0.15) is 11.1 Å². The fraction of sp³-hybridized carbons (Fsp3) is 0.111. The molecule has 12 heteroatoms. The number of ether oxygens (including phenoxy) is 2. The first-order chi connectivity index (χ1) is 18.6. The van der Waals surface area contributed by atoms with Gasteiger partial charge in [0.05, 0.1) is 23.0 Å². The molecule has 39 heavy (non-hydrogen) atoms. The van der Waals surface area contributed by atoms with Crippen molar-refractivity contribution in [1.82, 2.24) is 5.32 Å². The van der Waals surface area contributed by atoms with Crippen LogP contribution in [-0.4, -0.2) is 37.5 Å². The Labute approximate surface area is 235 Å². The maximum Gasteiger partial charge on any atom is 0.335 e. The van der Waals surface area contributed by atoms with Gasteiger partial charge in [-0.15, -0.1) is 0 Å². The van der Waals surface area contributed by atoms with Gasteiger partial charge < -0.3 is 14.8 Å². The molecule has 1 heterocycles. The number of para-hydroxylation sites is 1. The number of imide groups is 2. The van der Waals surface area contributed by atoms with Crippen LogP contribution < -0.4 is 25.0 Å². The minimum Gasteiger partial charge on any atom is -0.493 e. The zero-order chi connectivity index (χ0) is 28.3. The summed E-state index contributed by atoms with van der Waals surface area (Å²) >= 11 is 9.50. The van der Waals surface area contributed by atoms with Crippen molar-refractivity contribution >= 4 is 68.7 Å². The van der Waals surface area contributed by atoms with Crippen LogP contribution in [0, 0.1) is 12.7 Å². The van der Waals surface area contributed by atoms with E-state index in [1.54, 1.807) is 25.1 Å². The van der Waals surface area contributed by atoms with E-state index in [4.69, 9.17) is 21.1 Å². The summed E-state index contributed by atoms with van der Waals surface area (Å²) in [6.45, 7) is 1.31. The molecule has 0 spiro atoms. The summed E-state index contributed by atoms with van der Waals surface area (Å²) in [5.41, 5.74) is 1.01. The van der Waals surface area contributed by atoms with E-state index in [2.05, 4.69) is 26.6 Å². The van der Waals surface area contributed by atoms with E-state index in [1.807, 2.05) is 0 Å². The van der Waals surface area contributed by atoms with Crippen molar-refractivity contribution in [2.24, 2.45) is 0 Å². The predicted octanol–water partition coefficient (Wildman–Crippen LogP) is 5.24. The van der Waals surface area contributed by atoms with Gasteiger partial charge in [0.15, 0.2) is 18.1 Å². The SMILES string of the molecule is COc1cc(/C=C2\C(=O)NC(=O)N(c3ccc(C)c(Cl)c3)C2=O)cc(Br)c1OCC(=O)Nc1ccccc1F. The number of benzene rings is 3. The van der Waals surface area contributed by atoms with E-state index in [0.29, 0.717) is 15.1 Å². The Morgan fingerprint density at radius 2 is 1.90 bits per heavy atom. The molecular weight excluding hydrogens is 597 g/mol. The van der Waals surface area contributed by atoms with Crippen molar-refractivity contribution in [2.75, 3.05) is 23.9 Å². The molecular formula is C27H20BrClFN3O6. The largest absolute Gasteiger partial charge is 0.493 e. The minimum atomic E-state index is -0.904. The lowest BCUT2D eigenvalue weighted by atomic mass is 10.1. The number of nitrogens with one attached hydrogen (secondary N) is 2. The number of nitrogens with zero attached hydrogens (tertiary/aromatic N) is 1. The molecule has 0 aliphatic carbocycles. The van der Waals surface area contributed by atoms with Crippen LogP contribution in [0.15, 0.2) is 64.6 Å². The molecule has 0 bridgehead atoms. The fourth-order valence-corrected chi connectivity index (χ4v) is 4.38. The van der Waals surface area contributed by atoms with Gasteiger partial charge in [-0.3, -0.25) is 19.7 Å². The van der Waals surface area contributed by atoms with Gasteiger partial charge in [0, 0.05) is 5.02 Å². The second kappa shape index (κ2) is 11.7. The van der Waals surface area contributed by atoms with E-state index in [0.717, 1.165) is 10.5 Å². The highest BCUT2D eigenvalue weighted by molar-refractivity contribution is 9.10. The van der Waals surface area contributed by atoms with Gasteiger partial charge in [-0.05, 0) is 76.5 Å². The molecule has 5 amide bonds. The monoisotopic (exact) mass is 615 g/mol. The molecule has 0 saturated carbocycles. The van der Waals surface area contributed by atoms with Gasteiger partial charge in [0.25, 0.3) is 17.7 Å². The number of carbonyl (C=O) groups excluding carboxylic acids is 4. The highest BCUT2D eigenvalue weighted by Gasteiger charge is 2.37. The molecule has 0 unspecified atom stereocenters. The maximum absolute atomic E-state index is 13.8. The molecule has 0 aromatic heterocycles. The summed E-state index contributed by atoms with van der Waals surface area (Å²) in [6.07, 6.45) is 1.29. The van der Waals surface area contributed by atoms with E-state index in [9.17, 15) is 23.6 Å². The first kappa shape index (κ1) is 27.8. The second-order valence-electron chi connectivity index (χ2n) is 8.24. The Morgan fingerprint density at radius 1 is 1.15 bits per heavy atom. The van der Waals surface area contributed by atoms with Crippen LogP contribution in [0.25, 0.3) is 6.08 Å². The zero-order valence-corrected chi connectivity index (χ0v) is 22.9. The van der Waals surface area contributed by atoms with Gasteiger partial charge >= 0.3 is 6.03 Å². The summed E-state index contributed by atoms with van der Waals surface area (Å²) in [4.78, 5) is 51.3. The van der Waals surface area contributed by atoms with E-state index >= 15 is 0 Å². The lowest BCUT2D eigenvalue weighted by Crippen LogP contribution is -2.54.